The van der Waals surface area contributed by atoms with Gasteiger partial charge in [-0.25, -0.2) is 4.79 Å². The predicted octanol–water partition coefficient (Wildman–Crippen LogP) is 2.83. The molecular weight excluding hydrogens is 216 g/mol. The maximum atomic E-state index is 12.0. The van der Waals surface area contributed by atoms with Crippen molar-refractivity contribution in [2.24, 2.45) is 0 Å². The molecule has 0 aromatic carbocycles. The molecule has 0 aliphatic heterocycles. The first kappa shape index (κ1) is 13.6. The molecule has 0 aliphatic carbocycles. The first-order valence-electron chi connectivity index (χ1n) is 6.28. The van der Waals surface area contributed by atoms with Gasteiger partial charge < -0.3 is 15.0 Å². The number of anilines is 1. The van der Waals surface area contributed by atoms with Crippen molar-refractivity contribution in [3.05, 3.63) is 18.0 Å². The van der Waals surface area contributed by atoms with Crippen LogP contribution in [0.1, 0.15) is 50.5 Å². The van der Waals surface area contributed by atoms with Crippen LogP contribution in [0.15, 0.2) is 12.3 Å². The minimum Gasteiger partial charge on any atom is -0.458 e. The van der Waals surface area contributed by atoms with Crippen molar-refractivity contribution in [3.63, 3.8) is 0 Å². The van der Waals surface area contributed by atoms with Crippen molar-refractivity contribution >= 4 is 11.7 Å². The second-order valence-electron chi connectivity index (χ2n) is 4.20. The normalized spacial score (nSPS) is 10.8. The zero-order valence-corrected chi connectivity index (χ0v) is 10.9. The number of carbonyl (C=O) groups excluding carboxylic acids is 1. The summed E-state index contributed by atoms with van der Waals surface area (Å²) in [5.74, 6) is -0.274. The quantitative estimate of drug-likeness (QED) is 0.775. The fraction of sp³-hybridized carbons (Fsp3) is 0.615. The van der Waals surface area contributed by atoms with E-state index >= 15 is 0 Å². The Balaban J connectivity index is 2.80. The van der Waals surface area contributed by atoms with Crippen molar-refractivity contribution in [1.82, 2.24) is 4.57 Å². The van der Waals surface area contributed by atoms with Gasteiger partial charge in [-0.1, -0.05) is 20.8 Å². The lowest BCUT2D eigenvalue weighted by Crippen LogP contribution is -2.19. The molecule has 1 rings (SSSR count). The van der Waals surface area contributed by atoms with E-state index in [2.05, 4.69) is 6.92 Å². The highest BCUT2D eigenvalue weighted by Gasteiger charge is 2.17. The zero-order chi connectivity index (χ0) is 12.8. The minimum atomic E-state index is -0.274. The van der Waals surface area contributed by atoms with Gasteiger partial charge in [0.1, 0.15) is 11.8 Å². The summed E-state index contributed by atoms with van der Waals surface area (Å²) in [4.78, 5) is 12.0. The topological polar surface area (TPSA) is 57.2 Å². The Morgan fingerprint density at radius 3 is 2.59 bits per heavy atom. The monoisotopic (exact) mass is 238 g/mol. The number of rotatable bonds is 6. The summed E-state index contributed by atoms with van der Waals surface area (Å²) < 4.78 is 7.28. The van der Waals surface area contributed by atoms with E-state index in [9.17, 15) is 4.79 Å². The summed E-state index contributed by atoms with van der Waals surface area (Å²) in [6, 6.07) is 1.68. The highest BCUT2D eigenvalue weighted by molar-refractivity contribution is 5.89. The molecule has 0 amide bonds. The first-order valence-corrected chi connectivity index (χ1v) is 6.28. The smallest absolute Gasteiger partial charge is 0.355 e. The molecule has 1 aromatic rings. The highest BCUT2D eigenvalue weighted by atomic mass is 16.5. The molecule has 0 saturated carbocycles. The van der Waals surface area contributed by atoms with Crippen molar-refractivity contribution in [2.45, 2.75) is 52.7 Å². The molecule has 0 aliphatic rings. The van der Waals surface area contributed by atoms with E-state index in [1.807, 2.05) is 18.4 Å². The van der Waals surface area contributed by atoms with Crippen LogP contribution in [0.25, 0.3) is 0 Å². The third-order valence-corrected chi connectivity index (χ3v) is 2.78. The fourth-order valence-electron chi connectivity index (χ4n) is 1.80. The van der Waals surface area contributed by atoms with Crippen molar-refractivity contribution < 1.29 is 9.53 Å². The molecule has 0 radical (unpaired) electrons. The lowest BCUT2D eigenvalue weighted by atomic mass is 10.2. The van der Waals surface area contributed by atoms with E-state index in [1.165, 1.54) is 0 Å². The largest absolute Gasteiger partial charge is 0.458 e. The summed E-state index contributed by atoms with van der Waals surface area (Å²) in [6.45, 7) is 6.87. The van der Waals surface area contributed by atoms with E-state index in [0.29, 0.717) is 11.4 Å². The molecule has 1 aromatic heterocycles. The maximum Gasteiger partial charge on any atom is 0.355 e. The van der Waals surface area contributed by atoms with Crippen LogP contribution in [0.2, 0.25) is 0 Å². The van der Waals surface area contributed by atoms with E-state index < -0.39 is 0 Å². The van der Waals surface area contributed by atoms with Crippen LogP contribution in [-0.2, 0) is 11.3 Å². The highest BCUT2D eigenvalue weighted by Crippen LogP contribution is 2.15. The number of nitrogens with two attached hydrogens (primary N) is 1. The van der Waals surface area contributed by atoms with Crippen molar-refractivity contribution in [3.8, 4) is 0 Å². The Morgan fingerprint density at radius 1 is 1.41 bits per heavy atom. The van der Waals surface area contributed by atoms with Gasteiger partial charge in [-0.05, 0) is 25.3 Å². The average Bonchev–Trinajstić information content (AvgIpc) is 2.67. The lowest BCUT2D eigenvalue weighted by molar-refractivity contribution is 0.0272. The molecule has 96 valence electrons. The molecular formula is C13H22N2O2. The number of aromatic nitrogens is 1. The summed E-state index contributed by atoms with van der Waals surface area (Å²) in [5, 5.41) is 0. The van der Waals surface area contributed by atoms with Crippen LogP contribution in [0, 0.1) is 0 Å². The van der Waals surface area contributed by atoms with Gasteiger partial charge in [-0.15, -0.1) is 0 Å². The number of nitrogen functional groups attached to an aromatic ring is 1. The van der Waals surface area contributed by atoms with Crippen molar-refractivity contribution in [2.75, 3.05) is 5.73 Å². The molecule has 1 heterocycles. The summed E-state index contributed by atoms with van der Waals surface area (Å²) in [7, 11) is 0. The SMILES string of the molecule is CCCn1cc(N)cc1C(=O)OC(CC)CC. The van der Waals surface area contributed by atoms with Gasteiger partial charge in [0.25, 0.3) is 0 Å². The van der Waals surface area contributed by atoms with Gasteiger partial charge in [0.15, 0.2) is 0 Å². The van der Waals surface area contributed by atoms with Crippen LogP contribution < -0.4 is 5.73 Å². The molecule has 0 saturated heterocycles. The van der Waals surface area contributed by atoms with Crippen LogP contribution in [-0.4, -0.2) is 16.6 Å². The van der Waals surface area contributed by atoms with Crippen LogP contribution >= 0.6 is 0 Å². The third kappa shape index (κ3) is 3.51. The second-order valence-corrected chi connectivity index (χ2v) is 4.20. The molecule has 17 heavy (non-hydrogen) atoms. The van der Waals surface area contributed by atoms with Gasteiger partial charge in [-0.3, -0.25) is 0 Å². The van der Waals surface area contributed by atoms with Crippen LogP contribution in [0.3, 0.4) is 0 Å². The van der Waals surface area contributed by atoms with Gasteiger partial charge in [0, 0.05) is 12.7 Å². The van der Waals surface area contributed by atoms with Gasteiger partial charge in [-0.2, -0.15) is 0 Å². The molecule has 0 unspecified atom stereocenters. The number of esters is 1. The first-order chi connectivity index (χ1) is 8.12. The Bertz CT molecular complexity index is 367. The summed E-state index contributed by atoms with van der Waals surface area (Å²) >= 11 is 0. The summed E-state index contributed by atoms with van der Waals surface area (Å²) in [5.41, 5.74) is 6.87. The van der Waals surface area contributed by atoms with E-state index in [4.69, 9.17) is 10.5 Å². The maximum absolute atomic E-state index is 12.0. The van der Waals surface area contributed by atoms with E-state index in [1.54, 1.807) is 12.3 Å². The minimum absolute atomic E-state index is 0.00583. The van der Waals surface area contributed by atoms with E-state index in [0.717, 1.165) is 25.8 Å². The zero-order valence-electron chi connectivity index (χ0n) is 10.9. The number of ether oxygens (including phenoxy) is 1. The molecule has 0 fully saturated rings. The van der Waals surface area contributed by atoms with Gasteiger partial charge in [0.05, 0.1) is 5.69 Å². The Hall–Kier alpha value is -1.45. The number of hydrogen-bond acceptors (Lipinski definition) is 3. The van der Waals surface area contributed by atoms with Crippen molar-refractivity contribution in [1.29, 1.82) is 0 Å². The standard InChI is InChI=1S/C13H22N2O2/c1-4-7-15-9-10(14)8-12(15)13(16)17-11(5-2)6-3/h8-9,11H,4-7,14H2,1-3H3. The predicted molar refractivity (Wildman–Crippen MR) is 68.9 cm³/mol. The van der Waals surface area contributed by atoms with Crippen LogP contribution in [0.4, 0.5) is 5.69 Å². The van der Waals surface area contributed by atoms with Gasteiger partial charge >= 0.3 is 5.97 Å². The lowest BCUT2D eigenvalue weighted by Gasteiger charge is -2.14. The average molecular weight is 238 g/mol. The van der Waals surface area contributed by atoms with Gasteiger partial charge in [0.2, 0.25) is 0 Å². The number of hydrogen-bond donors (Lipinski definition) is 1. The Morgan fingerprint density at radius 2 is 2.06 bits per heavy atom. The molecule has 0 atom stereocenters. The van der Waals surface area contributed by atoms with E-state index in [-0.39, 0.29) is 12.1 Å². The number of carbonyl (C=O) groups is 1. The molecule has 2 N–H and O–H groups in total. The Labute approximate surface area is 103 Å². The fourth-order valence-corrected chi connectivity index (χ4v) is 1.80. The third-order valence-electron chi connectivity index (χ3n) is 2.78. The van der Waals surface area contributed by atoms with Crippen LogP contribution in [0.5, 0.6) is 0 Å². The number of aryl methyl sites for hydroxylation is 1. The summed E-state index contributed by atoms with van der Waals surface area (Å²) in [6.07, 6.45) is 4.42. The molecule has 0 bridgehead atoms. The number of nitrogens with zero attached hydrogens (tertiary/aromatic N) is 1. The molecule has 0 spiro atoms. The molecule has 4 heteroatoms. The Kier molecular flexibility index (Phi) is 5.07. The second kappa shape index (κ2) is 6.33. The molecule has 4 nitrogen and oxygen atoms in total.